The molecule has 2 aromatic rings. The summed E-state index contributed by atoms with van der Waals surface area (Å²) < 4.78 is 5.26. The molecule has 1 heterocycles. The maximum atomic E-state index is 12.5. The molecule has 0 saturated carbocycles. The zero-order valence-corrected chi connectivity index (χ0v) is 14.1. The van der Waals surface area contributed by atoms with E-state index < -0.39 is 0 Å². The number of ether oxygens (including phenoxy) is 1. The SMILES string of the molecule is COc1ccccc1C(=O)NCc1ccccc1CN1CCCC1. The quantitative estimate of drug-likeness (QED) is 0.887. The lowest BCUT2D eigenvalue weighted by molar-refractivity contribution is 0.0947. The molecule has 0 atom stereocenters. The summed E-state index contributed by atoms with van der Waals surface area (Å²) in [6.07, 6.45) is 2.57. The van der Waals surface area contributed by atoms with Crippen LogP contribution in [-0.4, -0.2) is 31.0 Å². The van der Waals surface area contributed by atoms with E-state index in [0.29, 0.717) is 17.9 Å². The van der Waals surface area contributed by atoms with E-state index in [4.69, 9.17) is 4.74 Å². The highest BCUT2D eigenvalue weighted by Crippen LogP contribution is 2.18. The molecule has 1 fully saturated rings. The number of carbonyl (C=O) groups is 1. The number of hydrogen-bond acceptors (Lipinski definition) is 3. The molecule has 1 amide bonds. The monoisotopic (exact) mass is 324 g/mol. The van der Waals surface area contributed by atoms with Gasteiger partial charge in [-0.2, -0.15) is 0 Å². The van der Waals surface area contributed by atoms with E-state index in [1.807, 2.05) is 18.2 Å². The first-order chi connectivity index (χ1) is 11.8. The third-order valence-corrected chi connectivity index (χ3v) is 4.50. The Morgan fingerprint density at radius 3 is 2.46 bits per heavy atom. The molecule has 0 radical (unpaired) electrons. The Labute approximate surface area is 143 Å². The summed E-state index contributed by atoms with van der Waals surface area (Å²) in [6, 6.07) is 15.6. The minimum atomic E-state index is -0.108. The van der Waals surface area contributed by atoms with E-state index in [0.717, 1.165) is 6.54 Å². The first-order valence-corrected chi connectivity index (χ1v) is 8.48. The van der Waals surface area contributed by atoms with Crippen LogP contribution in [0.1, 0.15) is 34.3 Å². The van der Waals surface area contributed by atoms with Gasteiger partial charge in [-0.05, 0) is 49.2 Å². The van der Waals surface area contributed by atoms with Gasteiger partial charge in [0.1, 0.15) is 5.75 Å². The highest BCUT2D eigenvalue weighted by molar-refractivity contribution is 5.96. The Balaban J connectivity index is 1.67. The zero-order chi connectivity index (χ0) is 16.8. The first-order valence-electron chi connectivity index (χ1n) is 8.48. The van der Waals surface area contributed by atoms with Crippen molar-refractivity contribution >= 4 is 5.91 Å². The molecule has 1 aliphatic heterocycles. The van der Waals surface area contributed by atoms with E-state index in [1.165, 1.54) is 37.1 Å². The standard InChI is InChI=1S/C20H24N2O2/c1-24-19-11-5-4-10-18(19)20(23)21-14-16-8-2-3-9-17(16)15-22-12-6-7-13-22/h2-5,8-11H,6-7,12-15H2,1H3,(H,21,23). The van der Waals surface area contributed by atoms with Crippen molar-refractivity contribution in [1.29, 1.82) is 0 Å². The van der Waals surface area contributed by atoms with Crippen molar-refractivity contribution in [2.45, 2.75) is 25.9 Å². The average molecular weight is 324 g/mol. The maximum absolute atomic E-state index is 12.5. The second-order valence-corrected chi connectivity index (χ2v) is 6.13. The van der Waals surface area contributed by atoms with Crippen molar-refractivity contribution in [3.63, 3.8) is 0 Å². The lowest BCUT2D eigenvalue weighted by Gasteiger charge is -2.18. The zero-order valence-electron chi connectivity index (χ0n) is 14.1. The summed E-state index contributed by atoms with van der Waals surface area (Å²) >= 11 is 0. The average Bonchev–Trinajstić information content (AvgIpc) is 3.13. The second kappa shape index (κ2) is 7.97. The molecule has 2 aromatic carbocycles. The predicted octanol–water partition coefficient (Wildman–Crippen LogP) is 3.22. The van der Waals surface area contributed by atoms with Gasteiger partial charge >= 0.3 is 0 Å². The molecular formula is C20H24N2O2. The van der Waals surface area contributed by atoms with Crippen LogP contribution in [0.2, 0.25) is 0 Å². The Morgan fingerprint density at radius 1 is 1.04 bits per heavy atom. The van der Waals surface area contributed by atoms with Crippen LogP contribution < -0.4 is 10.1 Å². The molecule has 3 rings (SSSR count). The van der Waals surface area contributed by atoms with Crippen molar-refractivity contribution in [3.05, 3.63) is 65.2 Å². The molecule has 1 aliphatic rings. The Bertz CT molecular complexity index is 694. The summed E-state index contributed by atoms with van der Waals surface area (Å²) in [7, 11) is 1.58. The topological polar surface area (TPSA) is 41.6 Å². The molecule has 1 saturated heterocycles. The second-order valence-electron chi connectivity index (χ2n) is 6.13. The van der Waals surface area contributed by atoms with E-state index in [2.05, 4.69) is 28.4 Å². The maximum Gasteiger partial charge on any atom is 0.255 e. The highest BCUT2D eigenvalue weighted by Gasteiger charge is 2.15. The van der Waals surface area contributed by atoms with Crippen molar-refractivity contribution < 1.29 is 9.53 Å². The highest BCUT2D eigenvalue weighted by atomic mass is 16.5. The van der Waals surface area contributed by atoms with Gasteiger partial charge in [0.25, 0.3) is 5.91 Å². The Morgan fingerprint density at radius 2 is 1.71 bits per heavy atom. The molecular weight excluding hydrogens is 300 g/mol. The molecule has 0 unspecified atom stereocenters. The molecule has 0 spiro atoms. The van der Waals surface area contributed by atoms with E-state index in [-0.39, 0.29) is 5.91 Å². The van der Waals surface area contributed by atoms with Crippen LogP contribution >= 0.6 is 0 Å². The number of hydrogen-bond donors (Lipinski definition) is 1. The van der Waals surface area contributed by atoms with Crippen molar-refractivity contribution in [2.24, 2.45) is 0 Å². The summed E-state index contributed by atoms with van der Waals surface area (Å²) in [6.45, 7) is 3.82. The third kappa shape index (κ3) is 3.95. The normalized spacial score (nSPS) is 14.5. The molecule has 0 bridgehead atoms. The van der Waals surface area contributed by atoms with E-state index >= 15 is 0 Å². The molecule has 4 nitrogen and oxygen atoms in total. The van der Waals surface area contributed by atoms with Gasteiger partial charge in [0.15, 0.2) is 0 Å². The van der Waals surface area contributed by atoms with Crippen LogP contribution in [0, 0.1) is 0 Å². The fourth-order valence-corrected chi connectivity index (χ4v) is 3.17. The van der Waals surface area contributed by atoms with E-state index in [9.17, 15) is 4.79 Å². The molecule has 1 N–H and O–H groups in total. The van der Waals surface area contributed by atoms with Gasteiger partial charge in [-0.25, -0.2) is 0 Å². The van der Waals surface area contributed by atoms with Gasteiger partial charge in [-0.3, -0.25) is 9.69 Å². The van der Waals surface area contributed by atoms with Crippen molar-refractivity contribution in [1.82, 2.24) is 10.2 Å². The van der Waals surface area contributed by atoms with Crippen molar-refractivity contribution in [3.8, 4) is 5.75 Å². The number of amides is 1. The van der Waals surface area contributed by atoms with Crippen LogP contribution in [0.25, 0.3) is 0 Å². The Kier molecular flexibility index (Phi) is 5.49. The number of nitrogens with one attached hydrogen (secondary N) is 1. The largest absolute Gasteiger partial charge is 0.496 e. The number of nitrogens with zero attached hydrogens (tertiary/aromatic N) is 1. The van der Waals surface area contributed by atoms with Gasteiger partial charge in [0, 0.05) is 13.1 Å². The number of methoxy groups -OCH3 is 1. The number of rotatable bonds is 6. The van der Waals surface area contributed by atoms with Crippen LogP contribution in [0.5, 0.6) is 5.75 Å². The van der Waals surface area contributed by atoms with Crippen LogP contribution in [0.15, 0.2) is 48.5 Å². The summed E-state index contributed by atoms with van der Waals surface area (Å²) in [5.74, 6) is 0.490. The van der Waals surface area contributed by atoms with E-state index in [1.54, 1.807) is 19.2 Å². The Hall–Kier alpha value is -2.33. The van der Waals surface area contributed by atoms with Gasteiger partial charge in [-0.15, -0.1) is 0 Å². The van der Waals surface area contributed by atoms with Crippen LogP contribution in [0.4, 0.5) is 0 Å². The van der Waals surface area contributed by atoms with Gasteiger partial charge in [0.05, 0.1) is 12.7 Å². The summed E-state index contributed by atoms with van der Waals surface area (Å²) in [4.78, 5) is 14.9. The minimum Gasteiger partial charge on any atom is -0.496 e. The van der Waals surface area contributed by atoms with Gasteiger partial charge in [-0.1, -0.05) is 36.4 Å². The number of carbonyl (C=O) groups excluding carboxylic acids is 1. The lowest BCUT2D eigenvalue weighted by Crippen LogP contribution is -2.25. The molecule has 0 aromatic heterocycles. The summed E-state index contributed by atoms with van der Waals surface area (Å²) in [5.41, 5.74) is 3.03. The molecule has 24 heavy (non-hydrogen) atoms. The number of likely N-dealkylation sites (tertiary alicyclic amines) is 1. The van der Waals surface area contributed by atoms with Gasteiger partial charge < -0.3 is 10.1 Å². The minimum absolute atomic E-state index is 0.108. The van der Waals surface area contributed by atoms with Crippen LogP contribution in [0.3, 0.4) is 0 Å². The molecule has 4 heteroatoms. The number of benzene rings is 2. The fourth-order valence-electron chi connectivity index (χ4n) is 3.17. The van der Waals surface area contributed by atoms with Gasteiger partial charge in [0.2, 0.25) is 0 Å². The van der Waals surface area contributed by atoms with Crippen molar-refractivity contribution in [2.75, 3.05) is 20.2 Å². The summed E-state index contributed by atoms with van der Waals surface area (Å²) in [5, 5.41) is 3.02. The lowest BCUT2D eigenvalue weighted by atomic mass is 10.1. The molecule has 126 valence electrons. The first kappa shape index (κ1) is 16.5. The van der Waals surface area contributed by atoms with Crippen LogP contribution in [-0.2, 0) is 13.1 Å². The predicted molar refractivity (Wildman–Crippen MR) is 95.1 cm³/mol. The molecule has 0 aliphatic carbocycles. The third-order valence-electron chi connectivity index (χ3n) is 4.50. The fraction of sp³-hybridized carbons (Fsp3) is 0.350. The smallest absolute Gasteiger partial charge is 0.255 e. The number of para-hydroxylation sites is 1.